The number of hydrogen-bond acceptors (Lipinski definition) is 4. The van der Waals surface area contributed by atoms with Crippen molar-refractivity contribution in [1.29, 1.82) is 0 Å². The highest BCUT2D eigenvalue weighted by Gasteiger charge is 2.39. The van der Waals surface area contributed by atoms with Crippen molar-refractivity contribution in [1.82, 2.24) is 10.2 Å². The smallest absolute Gasteiger partial charge is 0.407 e. The summed E-state index contributed by atoms with van der Waals surface area (Å²) in [5, 5.41) is 2.80. The maximum Gasteiger partial charge on any atom is 0.407 e. The van der Waals surface area contributed by atoms with Crippen LogP contribution in [0.3, 0.4) is 0 Å². The van der Waals surface area contributed by atoms with E-state index in [1.165, 1.54) is 24.3 Å². The fourth-order valence-electron chi connectivity index (χ4n) is 4.29. The molecule has 6 nitrogen and oxygen atoms in total. The Balaban J connectivity index is 1.76. The molecule has 0 radical (unpaired) electrons. The molecule has 1 heterocycles. The second kappa shape index (κ2) is 9.89. The molecular formula is C28H26F2N2O4. The molecule has 1 atom stereocenters. The van der Waals surface area contributed by atoms with Crippen LogP contribution in [0.25, 0.3) is 0 Å². The van der Waals surface area contributed by atoms with E-state index in [0.29, 0.717) is 11.1 Å². The lowest BCUT2D eigenvalue weighted by molar-refractivity contribution is 0.0461. The van der Waals surface area contributed by atoms with Crippen molar-refractivity contribution in [3.8, 4) is 0 Å². The molecule has 8 heteroatoms. The number of ether oxygens (including phenoxy) is 1. The SMILES string of the molecule is CC(C)(C)OC(=O)N[C@H](CN1C(=O)c2ccccc2C1=O)C(c1ccc(F)cc1)c1ccc(F)cc1. The Morgan fingerprint density at radius 2 is 1.28 bits per heavy atom. The van der Waals surface area contributed by atoms with E-state index in [1.807, 2.05) is 0 Å². The van der Waals surface area contributed by atoms with Crippen LogP contribution in [0.1, 0.15) is 58.5 Å². The topological polar surface area (TPSA) is 75.7 Å². The van der Waals surface area contributed by atoms with E-state index in [-0.39, 0.29) is 17.7 Å². The first-order valence-electron chi connectivity index (χ1n) is 11.5. The van der Waals surface area contributed by atoms with Gasteiger partial charge in [-0.2, -0.15) is 0 Å². The van der Waals surface area contributed by atoms with Crippen molar-refractivity contribution in [2.24, 2.45) is 0 Å². The van der Waals surface area contributed by atoms with Crippen LogP contribution in [0.4, 0.5) is 13.6 Å². The van der Waals surface area contributed by atoms with Gasteiger partial charge in [-0.1, -0.05) is 36.4 Å². The lowest BCUT2D eigenvalue weighted by Gasteiger charge is -2.32. The van der Waals surface area contributed by atoms with Crippen LogP contribution in [-0.2, 0) is 4.74 Å². The fourth-order valence-corrected chi connectivity index (χ4v) is 4.29. The van der Waals surface area contributed by atoms with Crippen molar-refractivity contribution in [3.63, 3.8) is 0 Å². The molecule has 1 aliphatic heterocycles. The molecule has 0 saturated carbocycles. The van der Waals surface area contributed by atoms with E-state index >= 15 is 0 Å². The summed E-state index contributed by atoms with van der Waals surface area (Å²) in [6.07, 6.45) is -0.752. The Kier molecular flexibility index (Phi) is 6.88. The molecule has 0 fully saturated rings. The average molecular weight is 493 g/mol. The number of benzene rings is 3. The van der Waals surface area contributed by atoms with E-state index in [1.54, 1.807) is 69.3 Å². The van der Waals surface area contributed by atoms with E-state index in [4.69, 9.17) is 4.74 Å². The normalized spacial score (nSPS) is 14.1. The van der Waals surface area contributed by atoms with Gasteiger partial charge < -0.3 is 10.1 Å². The van der Waals surface area contributed by atoms with Gasteiger partial charge >= 0.3 is 6.09 Å². The molecule has 0 saturated heterocycles. The van der Waals surface area contributed by atoms with Crippen molar-refractivity contribution in [2.75, 3.05) is 6.54 Å². The standard InChI is InChI=1S/C28H26F2N2O4/c1-28(2,3)36-27(35)31-23(16-32-25(33)21-6-4-5-7-22(21)26(32)34)24(17-8-12-19(29)13-9-17)18-10-14-20(30)15-11-18/h4-15,23-24H,16H2,1-3H3,(H,31,35)/t23-/m1/s1. The highest BCUT2D eigenvalue weighted by molar-refractivity contribution is 6.21. The lowest BCUT2D eigenvalue weighted by Crippen LogP contribution is -2.50. The summed E-state index contributed by atoms with van der Waals surface area (Å²) in [7, 11) is 0. The summed E-state index contributed by atoms with van der Waals surface area (Å²) in [6, 6.07) is 16.9. The van der Waals surface area contributed by atoms with Gasteiger partial charge in [-0.25, -0.2) is 13.6 Å². The van der Waals surface area contributed by atoms with Crippen LogP contribution < -0.4 is 5.32 Å². The second-order valence-electron chi connectivity index (χ2n) is 9.60. The second-order valence-corrected chi connectivity index (χ2v) is 9.60. The number of nitrogens with one attached hydrogen (secondary N) is 1. The molecule has 0 aromatic heterocycles. The van der Waals surface area contributed by atoms with Gasteiger partial charge in [-0.3, -0.25) is 14.5 Å². The molecule has 1 aliphatic rings. The average Bonchev–Trinajstić information content (AvgIpc) is 3.05. The summed E-state index contributed by atoms with van der Waals surface area (Å²) >= 11 is 0. The number of hydrogen-bond donors (Lipinski definition) is 1. The van der Waals surface area contributed by atoms with Crippen molar-refractivity contribution in [3.05, 3.63) is 107 Å². The van der Waals surface area contributed by atoms with Crippen molar-refractivity contribution in [2.45, 2.75) is 38.3 Å². The molecule has 0 spiro atoms. The minimum atomic E-state index is -0.877. The molecule has 4 rings (SSSR count). The predicted molar refractivity (Wildman–Crippen MR) is 130 cm³/mol. The fraction of sp³-hybridized carbons (Fsp3) is 0.250. The zero-order valence-electron chi connectivity index (χ0n) is 20.1. The van der Waals surface area contributed by atoms with Crippen LogP contribution in [0.15, 0.2) is 72.8 Å². The number of amides is 3. The molecule has 0 unspecified atom stereocenters. The monoisotopic (exact) mass is 492 g/mol. The number of carbonyl (C=O) groups excluding carboxylic acids is 3. The van der Waals surface area contributed by atoms with Crippen LogP contribution in [-0.4, -0.2) is 41.0 Å². The number of imide groups is 1. The van der Waals surface area contributed by atoms with Crippen LogP contribution in [0, 0.1) is 11.6 Å². The number of carbonyl (C=O) groups is 3. The number of fused-ring (bicyclic) bond motifs is 1. The molecule has 3 aromatic rings. The van der Waals surface area contributed by atoms with Gasteiger partial charge in [0.05, 0.1) is 23.7 Å². The molecule has 1 N–H and O–H groups in total. The maximum atomic E-state index is 13.7. The van der Waals surface area contributed by atoms with Gasteiger partial charge in [0.25, 0.3) is 11.8 Å². The molecule has 3 aromatic carbocycles. The molecular weight excluding hydrogens is 466 g/mol. The Morgan fingerprint density at radius 3 is 1.69 bits per heavy atom. The highest BCUT2D eigenvalue weighted by atomic mass is 19.1. The zero-order valence-corrected chi connectivity index (χ0v) is 20.1. The first-order valence-corrected chi connectivity index (χ1v) is 11.5. The van der Waals surface area contributed by atoms with Crippen LogP contribution in [0.5, 0.6) is 0 Å². The Labute approximate surface area is 207 Å². The van der Waals surface area contributed by atoms with E-state index < -0.39 is 47.1 Å². The third-order valence-electron chi connectivity index (χ3n) is 5.82. The molecule has 36 heavy (non-hydrogen) atoms. The van der Waals surface area contributed by atoms with E-state index in [2.05, 4.69) is 5.32 Å². The highest BCUT2D eigenvalue weighted by Crippen LogP contribution is 2.32. The van der Waals surface area contributed by atoms with Crippen LogP contribution in [0.2, 0.25) is 0 Å². The van der Waals surface area contributed by atoms with Crippen molar-refractivity contribution < 1.29 is 27.9 Å². The number of halogens is 2. The van der Waals surface area contributed by atoms with Crippen molar-refractivity contribution >= 4 is 17.9 Å². The summed E-state index contributed by atoms with van der Waals surface area (Å²) in [6.45, 7) is 4.94. The lowest BCUT2D eigenvalue weighted by atomic mass is 9.84. The van der Waals surface area contributed by atoms with Gasteiger partial charge in [-0.15, -0.1) is 0 Å². The van der Waals surface area contributed by atoms with Gasteiger partial charge in [0, 0.05) is 5.92 Å². The van der Waals surface area contributed by atoms with Gasteiger partial charge in [0.15, 0.2) is 0 Å². The van der Waals surface area contributed by atoms with E-state index in [0.717, 1.165) is 4.90 Å². The first-order chi connectivity index (χ1) is 17.0. The Morgan fingerprint density at radius 1 is 0.833 bits per heavy atom. The summed E-state index contributed by atoms with van der Waals surface area (Å²) in [5.41, 5.74) is 0.949. The Bertz CT molecular complexity index is 1200. The third-order valence-corrected chi connectivity index (χ3v) is 5.82. The summed E-state index contributed by atoms with van der Waals surface area (Å²) < 4.78 is 32.9. The minimum absolute atomic E-state index is 0.189. The largest absolute Gasteiger partial charge is 0.444 e. The van der Waals surface area contributed by atoms with E-state index in [9.17, 15) is 23.2 Å². The zero-order chi connectivity index (χ0) is 26.0. The minimum Gasteiger partial charge on any atom is -0.444 e. The van der Waals surface area contributed by atoms with Crippen LogP contribution >= 0.6 is 0 Å². The summed E-state index contributed by atoms with van der Waals surface area (Å²) in [4.78, 5) is 40.1. The molecule has 0 aliphatic carbocycles. The first kappa shape index (κ1) is 25.0. The predicted octanol–water partition coefficient (Wildman–Crippen LogP) is 5.29. The summed E-state index contributed by atoms with van der Waals surface area (Å²) in [5.74, 6) is -2.53. The van der Waals surface area contributed by atoms with Gasteiger partial charge in [0.2, 0.25) is 0 Å². The maximum absolute atomic E-state index is 13.7. The van der Waals surface area contributed by atoms with Gasteiger partial charge in [-0.05, 0) is 68.3 Å². The molecule has 186 valence electrons. The number of nitrogens with zero attached hydrogens (tertiary/aromatic N) is 1. The molecule has 0 bridgehead atoms. The molecule has 3 amide bonds. The third kappa shape index (κ3) is 5.43. The number of rotatable bonds is 6. The number of alkyl carbamates (subject to hydrolysis) is 1. The Hall–Kier alpha value is -4.07. The quantitative estimate of drug-likeness (QED) is 0.475. The van der Waals surface area contributed by atoms with Gasteiger partial charge in [0.1, 0.15) is 17.2 Å².